The topological polar surface area (TPSA) is 0 Å². The normalized spacial score (nSPS) is 15.8. The van der Waals surface area contributed by atoms with Crippen LogP contribution in [0.15, 0.2) is 12.7 Å². The van der Waals surface area contributed by atoms with Crippen molar-refractivity contribution in [2.24, 2.45) is 0 Å². The van der Waals surface area contributed by atoms with E-state index in [9.17, 15) is 22.0 Å². The smallest absolute Gasteiger partial charge is 0.234 e. The predicted molar refractivity (Wildman–Crippen MR) is 35.3 cm³/mol. The van der Waals surface area contributed by atoms with Crippen LogP contribution in [0.2, 0.25) is 0 Å². The fraction of sp³-hybridized carbons (Fsp3) is 0.714. The average Bonchev–Trinajstić information content (AvgIpc) is 2.03. The van der Waals surface area contributed by atoms with Crippen LogP contribution in [0, 0.1) is 0 Å². The molecule has 0 amide bonds. The van der Waals surface area contributed by atoms with Gasteiger partial charge in [-0.15, -0.1) is 0 Å². The van der Waals surface area contributed by atoms with Crippen molar-refractivity contribution in [1.82, 2.24) is 0 Å². The molecule has 0 saturated heterocycles. The van der Waals surface area contributed by atoms with Crippen LogP contribution < -0.4 is 0 Å². The molecule has 0 aliphatic heterocycles. The second-order valence-electron chi connectivity index (χ2n) is 2.36. The molecule has 0 N–H and O–H groups in total. The van der Waals surface area contributed by atoms with Gasteiger partial charge < -0.3 is 0 Å². The fourth-order valence-corrected chi connectivity index (χ4v) is 0.564. The molecule has 0 aromatic heterocycles. The van der Waals surface area contributed by atoms with E-state index in [1.54, 1.807) is 0 Å². The van der Waals surface area contributed by atoms with Crippen LogP contribution >= 0.6 is 0 Å². The Labute approximate surface area is 67.1 Å². The number of halogens is 5. The van der Waals surface area contributed by atoms with E-state index in [4.69, 9.17) is 0 Å². The lowest BCUT2D eigenvalue weighted by Crippen LogP contribution is -2.42. The molecule has 12 heavy (non-hydrogen) atoms. The summed E-state index contributed by atoms with van der Waals surface area (Å²) in [5, 5.41) is 0. The van der Waals surface area contributed by atoms with Gasteiger partial charge in [0.15, 0.2) is 0 Å². The van der Waals surface area contributed by atoms with Crippen molar-refractivity contribution >= 4 is 0 Å². The largest absolute Gasteiger partial charge is 0.302 e. The Bertz CT molecular complexity index is 163. The van der Waals surface area contributed by atoms with Crippen LogP contribution in [0.5, 0.6) is 0 Å². The van der Waals surface area contributed by atoms with Gasteiger partial charge in [-0.25, -0.2) is 13.2 Å². The van der Waals surface area contributed by atoms with Crippen LogP contribution in [0.25, 0.3) is 0 Å². The third-order valence-corrected chi connectivity index (χ3v) is 1.45. The highest BCUT2D eigenvalue weighted by atomic mass is 19.3. The monoisotopic (exact) mass is 188 g/mol. The third kappa shape index (κ3) is 2.19. The fourth-order valence-electron chi connectivity index (χ4n) is 0.564. The molecule has 0 bridgehead atoms. The maximum atomic E-state index is 12.4. The summed E-state index contributed by atoms with van der Waals surface area (Å²) >= 11 is 0. The Kier molecular flexibility index (Phi) is 3.24. The van der Waals surface area contributed by atoms with E-state index in [-0.39, 0.29) is 6.08 Å². The Balaban J connectivity index is 4.58. The first-order valence-electron chi connectivity index (χ1n) is 3.31. The summed E-state index contributed by atoms with van der Waals surface area (Å²) in [5.74, 6) is -8.17. The van der Waals surface area contributed by atoms with E-state index in [0.717, 1.165) is 6.92 Å². The molecule has 0 spiro atoms. The van der Waals surface area contributed by atoms with E-state index in [2.05, 4.69) is 6.58 Å². The van der Waals surface area contributed by atoms with Crippen LogP contribution in [0.4, 0.5) is 22.0 Å². The summed E-state index contributed by atoms with van der Waals surface area (Å²) in [6, 6.07) is 0. The third-order valence-electron chi connectivity index (χ3n) is 1.45. The lowest BCUT2D eigenvalue weighted by atomic mass is 10.1. The number of hydrogen-bond donors (Lipinski definition) is 0. The van der Waals surface area contributed by atoms with Crippen LogP contribution in [0.1, 0.15) is 13.3 Å². The zero-order chi connectivity index (χ0) is 9.99. The number of alkyl halides is 5. The molecule has 72 valence electrons. The highest BCUT2D eigenvalue weighted by molar-refractivity contribution is 4.98. The van der Waals surface area contributed by atoms with Crippen LogP contribution in [-0.2, 0) is 0 Å². The van der Waals surface area contributed by atoms with Gasteiger partial charge in [0.25, 0.3) is 5.92 Å². The van der Waals surface area contributed by atoms with E-state index in [1.807, 2.05) is 0 Å². The molecule has 0 aromatic carbocycles. The zero-order valence-electron chi connectivity index (χ0n) is 6.46. The predicted octanol–water partition coefficient (Wildman–Crippen LogP) is 3.19. The molecule has 0 rings (SSSR count). The first-order valence-corrected chi connectivity index (χ1v) is 3.31. The molecular weight excluding hydrogens is 179 g/mol. The summed E-state index contributed by atoms with van der Waals surface area (Å²) in [6.45, 7) is 3.51. The van der Waals surface area contributed by atoms with Gasteiger partial charge in [0, 0.05) is 6.42 Å². The summed E-state index contributed by atoms with van der Waals surface area (Å²) in [6.07, 6.45) is -4.56. The molecular formula is C7H9F5. The second-order valence-corrected chi connectivity index (χ2v) is 2.36. The molecule has 0 heterocycles. The zero-order valence-corrected chi connectivity index (χ0v) is 6.46. The minimum atomic E-state index is -4.17. The van der Waals surface area contributed by atoms with Gasteiger partial charge in [-0.05, 0) is 6.08 Å². The van der Waals surface area contributed by atoms with Gasteiger partial charge in [-0.2, -0.15) is 8.78 Å². The van der Waals surface area contributed by atoms with Gasteiger partial charge in [0.1, 0.15) is 0 Å². The van der Waals surface area contributed by atoms with Gasteiger partial charge in [0.05, 0.1) is 0 Å². The van der Waals surface area contributed by atoms with Crippen LogP contribution in [-0.4, -0.2) is 18.0 Å². The molecule has 0 aliphatic carbocycles. The number of hydrogen-bond acceptors (Lipinski definition) is 0. The lowest BCUT2D eigenvalue weighted by Gasteiger charge is -2.24. The minimum absolute atomic E-state index is 0.110. The van der Waals surface area contributed by atoms with Crippen molar-refractivity contribution in [2.75, 3.05) is 0 Å². The molecule has 1 unspecified atom stereocenters. The molecule has 0 radical (unpaired) electrons. The molecule has 0 fully saturated rings. The standard InChI is InChI=1S/C7H9F5/c1-3-6(9,10)5(8)7(11,12)4-2/h3,5H,1,4H2,2H3. The first kappa shape index (κ1) is 11.4. The second kappa shape index (κ2) is 3.41. The summed E-state index contributed by atoms with van der Waals surface area (Å²) < 4.78 is 61.6. The number of allylic oxidation sites excluding steroid dienone is 1. The Morgan fingerprint density at radius 3 is 2.00 bits per heavy atom. The van der Waals surface area contributed by atoms with Gasteiger partial charge in [0.2, 0.25) is 6.17 Å². The van der Waals surface area contributed by atoms with Crippen molar-refractivity contribution in [3.8, 4) is 0 Å². The Hall–Kier alpha value is -0.610. The molecule has 0 nitrogen and oxygen atoms in total. The highest BCUT2D eigenvalue weighted by Crippen LogP contribution is 2.36. The van der Waals surface area contributed by atoms with Crippen molar-refractivity contribution in [1.29, 1.82) is 0 Å². The summed E-state index contributed by atoms with van der Waals surface area (Å²) in [5.41, 5.74) is 0. The SMILES string of the molecule is C=CC(F)(F)C(F)C(F)(F)CC. The summed E-state index contributed by atoms with van der Waals surface area (Å²) in [7, 11) is 0. The van der Waals surface area contributed by atoms with E-state index >= 15 is 0 Å². The van der Waals surface area contributed by atoms with Crippen molar-refractivity contribution in [3.05, 3.63) is 12.7 Å². The highest BCUT2D eigenvalue weighted by Gasteiger charge is 2.52. The van der Waals surface area contributed by atoms with E-state index < -0.39 is 24.4 Å². The lowest BCUT2D eigenvalue weighted by molar-refractivity contribution is -0.160. The van der Waals surface area contributed by atoms with Crippen LogP contribution in [0.3, 0.4) is 0 Å². The van der Waals surface area contributed by atoms with Gasteiger partial charge in [-0.1, -0.05) is 13.5 Å². The maximum Gasteiger partial charge on any atom is 0.302 e. The number of rotatable bonds is 4. The van der Waals surface area contributed by atoms with E-state index in [1.165, 1.54) is 0 Å². The van der Waals surface area contributed by atoms with Crippen molar-refractivity contribution in [2.45, 2.75) is 31.4 Å². The minimum Gasteiger partial charge on any atom is -0.234 e. The van der Waals surface area contributed by atoms with Gasteiger partial charge >= 0.3 is 5.92 Å². The van der Waals surface area contributed by atoms with Crippen molar-refractivity contribution in [3.63, 3.8) is 0 Å². The molecule has 0 aromatic rings. The van der Waals surface area contributed by atoms with E-state index in [0.29, 0.717) is 0 Å². The Morgan fingerprint density at radius 1 is 1.33 bits per heavy atom. The average molecular weight is 188 g/mol. The molecule has 0 aliphatic rings. The van der Waals surface area contributed by atoms with Gasteiger partial charge in [-0.3, -0.25) is 0 Å². The maximum absolute atomic E-state index is 12.4. The first-order chi connectivity index (χ1) is 5.28. The quantitative estimate of drug-likeness (QED) is 0.469. The molecule has 0 saturated carbocycles. The summed E-state index contributed by atoms with van der Waals surface area (Å²) in [4.78, 5) is 0. The molecule has 5 heteroatoms. The van der Waals surface area contributed by atoms with Crippen molar-refractivity contribution < 1.29 is 22.0 Å². The Morgan fingerprint density at radius 2 is 1.75 bits per heavy atom. The molecule has 1 atom stereocenters.